The first-order valence-corrected chi connectivity index (χ1v) is 13.9. The van der Waals surface area contributed by atoms with Crippen LogP contribution in [-0.4, -0.2) is 54.8 Å². The molecule has 1 aromatic heterocycles. The number of amides is 2. The van der Waals surface area contributed by atoms with Crippen LogP contribution in [0.5, 0.6) is 5.75 Å². The van der Waals surface area contributed by atoms with E-state index in [1.807, 2.05) is 0 Å². The van der Waals surface area contributed by atoms with E-state index in [4.69, 9.17) is 4.74 Å². The Labute approximate surface area is 224 Å². The molecule has 0 bridgehead atoms. The maximum absolute atomic E-state index is 14.1. The molecule has 0 saturated carbocycles. The lowest BCUT2D eigenvalue weighted by atomic mass is 9.89. The molecule has 2 N–H and O–H groups in total. The van der Waals surface area contributed by atoms with Gasteiger partial charge in [-0.25, -0.2) is 17.2 Å². The van der Waals surface area contributed by atoms with Crippen molar-refractivity contribution in [1.82, 2.24) is 15.1 Å². The summed E-state index contributed by atoms with van der Waals surface area (Å²) < 4.78 is 94.8. The van der Waals surface area contributed by atoms with E-state index in [2.05, 4.69) is 15.7 Å². The maximum Gasteiger partial charge on any atom is 0.422 e. The fraction of sp³-hybridized carbons (Fsp3) is 0.320. The summed E-state index contributed by atoms with van der Waals surface area (Å²) in [5, 5.41) is 9.70. The Morgan fingerprint density at radius 2 is 1.93 bits per heavy atom. The number of sulfone groups is 1. The predicted octanol–water partition coefficient (Wildman–Crippen LogP) is 3.34. The van der Waals surface area contributed by atoms with E-state index in [1.54, 1.807) is 6.07 Å². The minimum Gasteiger partial charge on any atom is -0.484 e. The Morgan fingerprint density at radius 1 is 1.18 bits per heavy atom. The molecule has 40 heavy (non-hydrogen) atoms. The number of aromatic nitrogens is 2. The third-order valence-electron chi connectivity index (χ3n) is 6.61. The van der Waals surface area contributed by atoms with Crippen LogP contribution in [0.3, 0.4) is 0 Å². The first-order valence-electron chi connectivity index (χ1n) is 11.8. The SMILES string of the molecule is CS(=O)(=O)CC(=O)Nc1c(-c2ccc(F)c(F)c2)nn2c1C(=O)N[C@]1(CCc3cc(OCC(F)(F)F)ccc31)C2. The van der Waals surface area contributed by atoms with Crippen LogP contribution in [0.4, 0.5) is 27.6 Å². The second-order valence-corrected chi connectivity index (χ2v) is 11.9. The lowest BCUT2D eigenvalue weighted by Crippen LogP contribution is -2.52. The van der Waals surface area contributed by atoms with Crippen molar-refractivity contribution in [3.63, 3.8) is 0 Å². The average molecular weight is 585 g/mol. The number of anilines is 1. The van der Waals surface area contributed by atoms with Crippen LogP contribution >= 0.6 is 0 Å². The molecule has 2 amide bonds. The van der Waals surface area contributed by atoms with Gasteiger partial charge in [0, 0.05) is 11.8 Å². The fourth-order valence-electron chi connectivity index (χ4n) is 5.03. The van der Waals surface area contributed by atoms with Crippen molar-refractivity contribution in [3.8, 4) is 17.0 Å². The zero-order valence-electron chi connectivity index (χ0n) is 20.7. The van der Waals surface area contributed by atoms with Crippen molar-refractivity contribution >= 4 is 27.3 Å². The summed E-state index contributed by atoms with van der Waals surface area (Å²) in [6.07, 6.45) is -2.88. The van der Waals surface area contributed by atoms with Gasteiger partial charge in [0.2, 0.25) is 5.91 Å². The van der Waals surface area contributed by atoms with Crippen LogP contribution in [0.2, 0.25) is 0 Å². The number of carbonyl (C=O) groups excluding carboxylic acids is 2. The molecule has 0 radical (unpaired) electrons. The monoisotopic (exact) mass is 584 g/mol. The molecule has 0 fully saturated rings. The lowest BCUT2D eigenvalue weighted by Gasteiger charge is -2.36. The highest BCUT2D eigenvalue weighted by atomic mass is 32.2. The van der Waals surface area contributed by atoms with E-state index < -0.39 is 57.4 Å². The van der Waals surface area contributed by atoms with Gasteiger partial charge in [0.05, 0.1) is 12.1 Å². The number of rotatable bonds is 6. The van der Waals surface area contributed by atoms with Crippen molar-refractivity contribution in [1.29, 1.82) is 0 Å². The summed E-state index contributed by atoms with van der Waals surface area (Å²) in [7, 11) is -3.74. The maximum atomic E-state index is 14.1. The molecule has 3 aromatic rings. The summed E-state index contributed by atoms with van der Waals surface area (Å²) >= 11 is 0. The number of alkyl halides is 3. The number of halogens is 5. The summed E-state index contributed by atoms with van der Waals surface area (Å²) in [4.78, 5) is 26.0. The molecule has 1 aliphatic carbocycles. The smallest absolute Gasteiger partial charge is 0.422 e. The molecule has 0 unspecified atom stereocenters. The van der Waals surface area contributed by atoms with E-state index in [1.165, 1.54) is 22.9 Å². The molecule has 5 rings (SSSR count). The molecule has 15 heteroatoms. The number of aryl methyl sites for hydroxylation is 1. The number of carbonyl (C=O) groups is 2. The zero-order chi connectivity index (χ0) is 29.0. The zero-order valence-corrected chi connectivity index (χ0v) is 21.5. The van der Waals surface area contributed by atoms with E-state index in [-0.39, 0.29) is 34.9 Å². The van der Waals surface area contributed by atoms with Crippen LogP contribution in [0, 0.1) is 11.6 Å². The van der Waals surface area contributed by atoms with Crippen molar-refractivity contribution in [3.05, 3.63) is 64.9 Å². The third-order valence-corrected chi connectivity index (χ3v) is 7.39. The largest absolute Gasteiger partial charge is 0.484 e. The number of benzene rings is 2. The highest BCUT2D eigenvalue weighted by Gasteiger charge is 2.46. The standard InChI is InChI=1S/C25H21F5N4O5S/c1-40(37,38)10-19(35)31-21-20(14-2-5-17(26)18(27)9-14)33-34-11-24(32-23(36)22(21)34)7-6-13-8-15(3-4-16(13)24)39-12-25(28,29)30/h2-5,8-9H,6-7,10-12H2,1H3,(H,31,35)(H,32,36)/t24-/m1/s1. The van der Waals surface area contributed by atoms with Crippen molar-refractivity contribution in [2.75, 3.05) is 23.9 Å². The third kappa shape index (κ3) is 5.37. The molecule has 2 heterocycles. The molecule has 0 saturated heterocycles. The molecule has 1 aliphatic heterocycles. The number of hydrogen-bond acceptors (Lipinski definition) is 6. The van der Waals surface area contributed by atoms with Crippen molar-refractivity contribution in [2.45, 2.75) is 31.1 Å². The first kappa shape index (κ1) is 27.6. The molecular formula is C25H21F5N4O5S. The Balaban J connectivity index is 1.54. The molecule has 212 valence electrons. The summed E-state index contributed by atoms with van der Waals surface area (Å²) in [5.74, 6) is -4.86. The van der Waals surface area contributed by atoms with E-state index in [9.17, 15) is 40.0 Å². The quantitative estimate of drug-likeness (QED) is 0.429. The Bertz CT molecular complexity index is 1650. The van der Waals surface area contributed by atoms with E-state index in [0.29, 0.717) is 24.0 Å². The van der Waals surface area contributed by atoms with E-state index in [0.717, 1.165) is 18.4 Å². The van der Waals surface area contributed by atoms with Gasteiger partial charge in [-0.1, -0.05) is 6.07 Å². The second-order valence-electron chi connectivity index (χ2n) is 9.74. The predicted molar refractivity (Wildman–Crippen MR) is 131 cm³/mol. The van der Waals surface area contributed by atoms with Gasteiger partial charge in [0.1, 0.15) is 22.9 Å². The van der Waals surface area contributed by atoms with Crippen molar-refractivity contribution < 1.29 is 44.7 Å². The van der Waals surface area contributed by atoms with Crippen LogP contribution in [0.1, 0.15) is 28.0 Å². The highest BCUT2D eigenvalue weighted by Crippen LogP contribution is 2.44. The number of hydrogen-bond donors (Lipinski definition) is 2. The minimum atomic E-state index is -4.51. The van der Waals surface area contributed by atoms with Gasteiger partial charge in [-0.05, 0) is 54.3 Å². The van der Waals surface area contributed by atoms with Gasteiger partial charge >= 0.3 is 6.18 Å². The van der Waals surface area contributed by atoms with Gasteiger partial charge in [-0.3, -0.25) is 14.3 Å². The van der Waals surface area contributed by atoms with Crippen LogP contribution < -0.4 is 15.4 Å². The van der Waals surface area contributed by atoms with Gasteiger partial charge in [0.15, 0.2) is 33.8 Å². The topological polar surface area (TPSA) is 119 Å². The number of nitrogens with zero attached hydrogens (tertiary/aromatic N) is 2. The highest BCUT2D eigenvalue weighted by molar-refractivity contribution is 7.91. The summed E-state index contributed by atoms with van der Waals surface area (Å²) in [6, 6.07) is 7.28. The Hall–Kier alpha value is -4.01. The Morgan fingerprint density at radius 3 is 2.60 bits per heavy atom. The molecule has 1 atom stereocenters. The number of nitrogens with one attached hydrogen (secondary N) is 2. The average Bonchev–Trinajstić information content (AvgIpc) is 3.36. The first-order chi connectivity index (χ1) is 18.6. The van der Waals surface area contributed by atoms with Crippen molar-refractivity contribution in [2.24, 2.45) is 0 Å². The molecular weight excluding hydrogens is 563 g/mol. The number of ether oxygens (including phenoxy) is 1. The summed E-state index contributed by atoms with van der Waals surface area (Å²) in [5.41, 5.74) is -0.0797. The molecule has 2 aromatic carbocycles. The van der Waals surface area contributed by atoms with Gasteiger partial charge in [0.25, 0.3) is 5.91 Å². The second kappa shape index (κ2) is 9.57. The Kier molecular flexibility index (Phi) is 6.59. The molecule has 2 aliphatic rings. The normalized spacial score (nSPS) is 18.3. The fourth-order valence-corrected chi connectivity index (χ4v) is 5.58. The molecule has 9 nitrogen and oxygen atoms in total. The van der Waals surface area contributed by atoms with Crippen LogP contribution in [0.25, 0.3) is 11.3 Å². The van der Waals surface area contributed by atoms with Gasteiger partial charge < -0.3 is 15.4 Å². The van der Waals surface area contributed by atoms with Crippen LogP contribution in [0.15, 0.2) is 36.4 Å². The van der Waals surface area contributed by atoms with Gasteiger partial charge in [-0.2, -0.15) is 18.3 Å². The minimum absolute atomic E-state index is 0.0199. The molecule has 1 spiro atoms. The van der Waals surface area contributed by atoms with E-state index >= 15 is 0 Å². The lowest BCUT2D eigenvalue weighted by molar-refractivity contribution is -0.153. The van der Waals surface area contributed by atoms with Crippen LogP contribution in [-0.2, 0) is 33.1 Å². The number of fused-ring (bicyclic) bond motifs is 3. The van der Waals surface area contributed by atoms with Gasteiger partial charge in [-0.15, -0.1) is 0 Å². The summed E-state index contributed by atoms with van der Waals surface area (Å²) in [6.45, 7) is -1.42.